The fraction of sp³-hybridized carbons (Fsp3) is 0.455. The minimum Gasteiger partial charge on any atom is -0.493 e. The van der Waals surface area contributed by atoms with Gasteiger partial charge in [0.1, 0.15) is 11.1 Å². The highest BCUT2D eigenvalue weighted by Crippen LogP contribution is 2.45. The van der Waals surface area contributed by atoms with Gasteiger partial charge in [-0.05, 0) is 53.9 Å². The Morgan fingerprint density at radius 3 is 2.64 bits per heavy atom. The van der Waals surface area contributed by atoms with Crippen LogP contribution in [0.1, 0.15) is 48.8 Å². The Labute approximate surface area is 175 Å². The van der Waals surface area contributed by atoms with Gasteiger partial charge in [0.15, 0.2) is 11.5 Å². The third-order valence-electron chi connectivity index (χ3n) is 5.37. The molecule has 1 aliphatic carbocycles. The molecular formula is C22H25ClN2O2S. The van der Waals surface area contributed by atoms with E-state index >= 15 is 0 Å². The maximum Gasteiger partial charge on any atom is 0.179 e. The number of nitriles is 1. The molecule has 0 saturated carbocycles. The zero-order valence-corrected chi connectivity index (χ0v) is 18.5. The van der Waals surface area contributed by atoms with E-state index < -0.39 is 0 Å². The van der Waals surface area contributed by atoms with E-state index in [0.29, 0.717) is 22.4 Å². The maximum atomic E-state index is 9.71. The van der Waals surface area contributed by atoms with Gasteiger partial charge >= 0.3 is 0 Å². The van der Waals surface area contributed by atoms with Crippen molar-refractivity contribution in [2.45, 2.75) is 40.0 Å². The van der Waals surface area contributed by atoms with Gasteiger partial charge in [0, 0.05) is 11.1 Å². The van der Waals surface area contributed by atoms with Crippen LogP contribution in [-0.2, 0) is 12.8 Å². The van der Waals surface area contributed by atoms with E-state index in [0.717, 1.165) is 35.4 Å². The summed E-state index contributed by atoms with van der Waals surface area (Å²) in [5.74, 6) is 1.68. The van der Waals surface area contributed by atoms with Crippen molar-refractivity contribution in [2.24, 2.45) is 16.3 Å². The molecular weight excluding hydrogens is 392 g/mol. The van der Waals surface area contributed by atoms with E-state index in [-0.39, 0.29) is 5.41 Å². The fourth-order valence-electron chi connectivity index (χ4n) is 3.66. The molecule has 1 aromatic heterocycles. The second kappa shape index (κ2) is 8.14. The standard InChI is InChI=1S/C22H25ClN2O2S/c1-22(2,3)14-6-7-15-16(11-24)21(28-19(15)10-14)25-12-13-8-17(23)20(27-5)18(9-13)26-4/h8-9,12,14H,6-7,10H2,1-5H3/t14-/m1/s1. The molecule has 148 valence electrons. The average molecular weight is 417 g/mol. The van der Waals surface area contributed by atoms with Crippen LogP contribution in [0.15, 0.2) is 17.1 Å². The van der Waals surface area contributed by atoms with Gasteiger partial charge < -0.3 is 9.47 Å². The number of rotatable bonds is 4. The highest BCUT2D eigenvalue weighted by Gasteiger charge is 2.32. The minimum absolute atomic E-state index is 0.272. The van der Waals surface area contributed by atoms with Crippen molar-refractivity contribution in [1.82, 2.24) is 0 Å². The minimum atomic E-state index is 0.272. The van der Waals surface area contributed by atoms with Gasteiger partial charge in [0.25, 0.3) is 0 Å². The van der Waals surface area contributed by atoms with Gasteiger partial charge in [-0.15, -0.1) is 11.3 Å². The summed E-state index contributed by atoms with van der Waals surface area (Å²) in [4.78, 5) is 5.93. The Hall–Kier alpha value is -2.03. The molecule has 4 nitrogen and oxygen atoms in total. The van der Waals surface area contributed by atoms with Crippen molar-refractivity contribution in [2.75, 3.05) is 14.2 Å². The molecule has 0 aliphatic heterocycles. The smallest absolute Gasteiger partial charge is 0.179 e. The summed E-state index contributed by atoms with van der Waals surface area (Å²) < 4.78 is 10.6. The van der Waals surface area contributed by atoms with Crippen LogP contribution in [0.2, 0.25) is 5.02 Å². The molecule has 1 atom stereocenters. The molecule has 28 heavy (non-hydrogen) atoms. The average Bonchev–Trinajstić information content (AvgIpc) is 3.01. The molecule has 0 fully saturated rings. The summed E-state index contributed by atoms with van der Waals surface area (Å²) in [5.41, 5.74) is 2.97. The van der Waals surface area contributed by atoms with Crippen LogP contribution in [-0.4, -0.2) is 20.4 Å². The number of fused-ring (bicyclic) bond motifs is 1. The van der Waals surface area contributed by atoms with Crippen LogP contribution < -0.4 is 9.47 Å². The molecule has 0 saturated heterocycles. The molecule has 0 unspecified atom stereocenters. The van der Waals surface area contributed by atoms with Gasteiger partial charge in [-0.25, -0.2) is 4.99 Å². The molecule has 0 amide bonds. The summed E-state index contributed by atoms with van der Waals surface area (Å²) >= 11 is 7.92. The van der Waals surface area contributed by atoms with E-state index in [1.165, 1.54) is 10.4 Å². The number of halogens is 1. The molecule has 0 N–H and O–H groups in total. The van der Waals surface area contributed by atoms with E-state index in [4.69, 9.17) is 21.1 Å². The van der Waals surface area contributed by atoms with Gasteiger partial charge in [0.05, 0.1) is 24.8 Å². The van der Waals surface area contributed by atoms with E-state index in [1.54, 1.807) is 37.8 Å². The van der Waals surface area contributed by atoms with Crippen molar-refractivity contribution in [3.8, 4) is 17.6 Å². The van der Waals surface area contributed by atoms with Crippen LogP contribution in [0.3, 0.4) is 0 Å². The predicted octanol–water partition coefficient (Wildman–Crippen LogP) is 6.19. The Morgan fingerprint density at radius 2 is 2.04 bits per heavy atom. The Balaban J connectivity index is 1.93. The van der Waals surface area contributed by atoms with Crippen molar-refractivity contribution in [1.29, 1.82) is 5.26 Å². The Bertz CT molecular complexity index is 951. The largest absolute Gasteiger partial charge is 0.493 e. The first kappa shape index (κ1) is 20.7. The van der Waals surface area contributed by atoms with Crippen molar-refractivity contribution < 1.29 is 9.47 Å². The first-order valence-corrected chi connectivity index (χ1v) is 10.5. The first-order valence-electron chi connectivity index (χ1n) is 9.28. The number of aliphatic imine (C=N–C) groups is 1. The quantitative estimate of drug-likeness (QED) is 0.558. The van der Waals surface area contributed by atoms with E-state index in [1.807, 2.05) is 6.07 Å². The first-order chi connectivity index (χ1) is 13.3. The van der Waals surface area contributed by atoms with E-state index in [9.17, 15) is 5.26 Å². The number of ether oxygens (including phenoxy) is 2. The lowest BCUT2D eigenvalue weighted by Crippen LogP contribution is -2.26. The van der Waals surface area contributed by atoms with Crippen LogP contribution in [0.5, 0.6) is 11.5 Å². The number of hydrogen-bond donors (Lipinski definition) is 0. The van der Waals surface area contributed by atoms with Crippen molar-refractivity contribution in [3.63, 3.8) is 0 Å². The third-order valence-corrected chi connectivity index (χ3v) is 6.81. The Morgan fingerprint density at radius 1 is 1.29 bits per heavy atom. The second-order valence-electron chi connectivity index (χ2n) is 8.10. The highest BCUT2D eigenvalue weighted by atomic mass is 35.5. The molecule has 1 aromatic carbocycles. The monoisotopic (exact) mass is 416 g/mol. The SMILES string of the molecule is COc1cc(C=Nc2sc3c(c2C#N)CC[C@@H](C(C)(C)C)C3)cc(Cl)c1OC. The normalized spacial score (nSPS) is 16.7. The summed E-state index contributed by atoms with van der Waals surface area (Å²) in [6, 6.07) is 5.97. The lowest BCUT2D eigenvalue weighted by Gasteiger charge is -2.33. The number of benzene rings is 1. The lowest BCUT2D eigenvalue weighted by molar-refractivity contribution is 0.218. The number of thiophene rings is 1. The van der Waals surface area contributed by atoms with Gasteiger partial charge in [-0.2, -0.15) is 5.26 Å². The lowest BCUT2D eigenvalue weighted by atomic mass is 9.72. The van der Waals surface area contributed by atoms with Crippen LogP contribution in [0.4, 0.5) is 5.00 Å². The third kappa shape index (κ3) is 4.04. The predicted molar refractivity (Wildman–Crippen MR) is 116 cm³/mol. The fourth-order valence-corrected chi connectivity index (χ4v) is 5.18. The Kier molecular flexibility index (Phi) is 6.02. The molecule has 6 heteroatoms. The van der Waals surface area contributed by atoms with Crippen LogP contribution in [0.25, 0.3) is 0 Å². The summed E-state index contributed by atoms with van der Waals surface area (Å²) in [5, 5.41) is 10.9. The molecule has 0 radical (unpaired) electrons. The van der Waals surface area contributed by atoms with Gasteiger partial charge in [-0.1, -0.05) is 32.4 Å². The highest BCUT2D eigenvalue weighted by molar-refractivity contribution is 7.16. The molecule has 3 rings (SSSR count). The summed E-state index contributed by atoms with van der Waals surface area (Å²) in [6.07, 6.45) is 4.83. The van der Waals surface area contributed by atoms with Crippen LogP contribution >= 0.6 is 22.9 Å². The van der Waals surface area contributed by atoms with Crippen molar-refractivity contribution >= 4 is 34.2 Å². The van der Waals surface area contributed by atoms with Gasteiger partial charge in [0.2, 0.25) is 0 Å². The zero-order valence-electron chi connectivity index (χ0n) is 16.9. The molecule has 1 aliphatic rings. The molecule has 0 spiro atoms. The number of methoxy groups -OCH3 is 2. The molecule has 2 aromatic rings. The van der Waals surface area contributed by atoms with E-state index in [2.05, 4.69) is 31.8 Å². The summed E-state index contributed by atoms with van der Waals surface area (Å²) in [7, 11) is 3.12. The van der Waals surface area contributed by atoms with Gasteiger partial charge in [-0.3, -0.25) is 0 Å². The summed E-state index contributed by atoms with van der Waals surface area (Å²) in [6.45, 7) is 6.88. The molecule has 1 heterocycles. The second-order valence-corrected chi connectivity index (χ2v) is 9.59. The number of nitrogens with zero attached hydrogens (tertiary/aromatic N) is 2. The number of hydrogen-bond acceptors (Lipinski definition) is 5. The topological polar surface area (TPSA) is 54.6 Å². The van der Waals surface area contributed by atoms with Crippen LogP contribution in [0, 0.1) is 22.7 Å². The molecule has 0 bridgehead atoms. The van der Waals surface area contributed by atoms with Crippen molar-refractivity contribution in [3.05, 3.63) is 38.7 Å². The zero-order chi connectivity index (χ0) is 20.5. The maximum absolute atomic E-state index is 9.71.